The molecule has 1 atom stereocenters. The Labute approximate surface area is 145 Å². The lowest BCUT2D eigenvalue weighted by atomic mass is 10.1. The smallest absolute Gasteiger partial charge is 0.265 e. The molecule has 0 fully saturated rings. The maximum atomic E-state index is 12.3. The molecule has 3 nitrogen and oxygen atoms in total. The van der Waals surface area contributed by atoms with Crippen LogP contribution < -0.4 is 10.1 Å². The second-order valence-corrected chi connectivity index (χ2v) is 6.25. The van der Waals surface area contributed by atoms with E-state index in [2.05, 4.69) is 24.4 Å². The zero-order valence-corrected chi connectivity index (χ0v) is 15.1. The molecule has 0 aromatic heterocycles. The van der Waals surface area contributed by atoms with Crippen molar-refractivity contribution in [2.24, 2.45) is 0 Å². The van der Waals surface area contributed by atoms with Crippen LogP contribution in [0.5, 0.6) is 5.75 Å². The van der Waals surface area contributed by atoms with Gasteiger partial charge in [0.1, 0.15) is 5.75 Å². The maximum absolute atomic E-state index is 12.3. The fourth-order valence-electron chi connectivity index (χ4n) is 2.48. The van der Waals surface area contributed by atoms with Gasteiger partial charge in [-0.15, -0.1) is 0 Å². The third-order valence-corrected chi connectivity index (χ3v) is 4.27. The molecule has 2 rings (SSSR count). The summed E-state index contributed by atoms with van der Waals surface area (Å²) in [7, 11) is 0. The second-order valence-electron chi connectivity index (χ2n) is 6.25. The van der Waals surface area contributed by atoms with Crippen molar-refractivity contribution < 1.29 is 9.53 Å². The lowest BCUT2D eigenvalue weighted by molar-refractivity contribution is -0.122. The van der Waals surface area contributed by atoms with Crippen LogP contribution in [0.3, 0.4) is 0 Å². The van der Waals surface area contributed by atoms with E-state index in [0.717, 1.165) is 29.0 Å². The first kappa shape index (κ1) is 18.1. The minimum atomic E-state index is -0.551. The number of hydrogen-bond acceptors (Lipinski definition) is 2. The number of ether oxygens (including phenoxy) is 1. The highest BCUT2D eigenvalue weighted by atomic mass is 16.5. The van der Waals surface area contributed by atoms with E-state index >= 15 is 0 Å². The van der Waals surface area contributed by atoms with Gasteiger partial charge < -0.3 is 10.1 Å². The van der Waals surface area contributed by atoms with Crippen LogP contribution in [-0.2, 0) is 11.2 Å². The summed E-state index contributed by atoms with van der Waals surface area (Å²) in [6, 6.07) is 13.9. The molecule has 0 aliphatic rings. The third-order valence-electron chi connectivity index (χ3n) is 4.27. The summed E-state index contributed by atoms with van der Waals surface area (Å²) in [6.45, 7) is 8.00. The molecular formula is C21H27NO2. The van der Waals surface area contributed by atoms with Crippen LogP contribution in [0.1, 0.15) is 43.4 Å². The van der Waals surface area contributed by atoms with Crippen molar-refractivity contribution in [2.75, 3.05) is 5.32 Å². The highest BCUT2D eigenvalue weighted by Gasteiger charge is 2.16. The standard InChI is InChI=1S/C21H27NO2/c1-5-6-9-18-11-13-19(14-12-18)22-21(23)17(4)24-20-10-7-8-15(2)16(20)3/h7-8,10-14,17H,5-6,9H2,1-4H3,(H,22,23). The van der Waals surface area contributed by atoms with Crippen molar-refractivity contribution in [1.29, 1.82) is 0 Å². The highest BCUT2D eigenvalue weighted by Crippen LogP contribution is 2.22. The molecule has 0 saturated heterocycles. The molecule has 24 heavy (non-hydrogen) atoms. The zero-order valence-electron chi connectivity index (χ0n) is 15.1. The number of benzene rings is 2. The van der Waals surface area contributed by atoms with Gasteiger partial charge in [-0.25, -0.2) is 0 Å². The van der Waals surface area contributed by atoms with Gasteiger partial charge in [-0.1, -0.05) is 37.6 Å². The first-order chi connectivity index (χ1) is 11.5. The number of hydrogen-bond donors (Lipinski definition) is 1. The average molecular weight is 325 g/mol. The Morgan fingerprint density at radius 3 is 2.50 bits per heavy atom. The molecule has 0 spiro atoms. The zero-order chi connectivity index (χ0) is 17.5. The van der Waals surface area contributed by atoms with Crippen molar-refractivity contribution in [3.63, 3.8) is 0 Å². The van der Waals surface area contributed by atoms with E-state index in [1.54, 1.807) is 6.92 Å². The van der Waals surface area contributed by atoms with Gasteiger partial charge >= 0.3 is 0 Å². The summed E-state index contributed by atoms with van der Waals surface area (Å²) >= 11 is 0. The van der Waals surface area contributed by atoms with Crippen LogP contribution in [0.2, 0.25) is 0 Å². The first-order valence-electron chi connectivity index (χ1n) is 8.64. The van der Waals surface area contributed by atoms with Crippen molar-refractivity contribution in [3.05, 3.63) is 59.2 Å². The summed E-state index contributed by atoms with van der Waals surface area (Å²) in [6.07, 6.45) is 2.90. The average Bonchev–Trinajstić information content (AvgIpc) is 2.58. The van der Waals surface area contributed by atoms with Crippen LogP contribution in [0.4, 0.5) is 5.69 Å². The van der Waals surface area contributed by atoms with E-state index < -0.39 is 6.10 Å². The summed E-state index contributed by atoms with van der Waals surface area (Å²) < 4.78 is 5.82. The Morgan fingerprint density at radius 2 is 1.83 bits per heavy atom. The largest absolute Gasteiger partial charge is 0.481 e. The van der Waals surface area contributed by atoms with Crippen molar-refractivity contribution in [2.45, 2.75) is 53.1 Å². The molecule has 1 unspecified atom stereocenters. The van der Waals surface area contributed by atoms with Gasteiger partial charge in [0.15, 0.2) is 6.10 Å². The van der Waals surface area contributed by atoms with Gasteiger partial charge in [0, 0.05) is 5.69 Å². The topological polar surface area (TPSA) is 38.3 Å². The first-order valence-corrected chi connectivity index (χ1v) is 8.64. The molecule has 128 valence electrons. The summed E-state index contributed by atoms with van der Waals surface area (Å²) in [5, 5.41) is 2.92. The van der Waals surface area contributed by atoms with Crippen LogP contribution in [-0.4, -0.2) is 12.0 Å². The Balaban J connectivity index is 1.95. The van der Waals surface area contributed by atoms with Crippen LogP contribution in [0.25, 0.3) is 0 Å². The predicted molar refractivity (Wildman–Crippen MR) is 99.7 cm³/mol. The Kier molecular flexibility index (Phi) is 6.42. The van der Waals surface area contributed by atoms with E-state index in [1.807, 2.05) is 44.2 Å². The van der Waals surface area contributed by atoms with Crippen molar-refractivity contribution >= 4 is 11.6 Å². The van der Waals surface area contributed by atoms with Crippen LogP contribution >= 0.6 is 0 Å². The van der Waals surface area contributed by atoms with Crippen molar-refractivity contribution in [3.8, 4) is 5.75 Å². The van der Waals surface area contributed by atoms with Gasteiger partial charge in [0.2, 0.25) is 0 Å². The van der Waals surface area contributed by atoms with E-state index in [1.165, 1.54) is 18.4 Å². The van der Waals surface area contributed by atoms with E-state index in [4.69, 9.17) is 4.74 Å². The van der Waals surface area contributed by atoms with Gasteiger partial charge in [0.05, 0.1) is 0 Å². The SMILES string of the molecule is CCCCc1ccc(NC(=O)C(C)Oc2cccc(C)c2C)cc1. The van der Waals surface area contributed by atoms with Crippen molar-refractivity contribution in [1.82, 2.24) is 0 Å². The number of rotatable bonds is 7. The van der Waals surface area contributed by atoms with E-state index in [-0.39, 0.29) is 5.91 Å². The molecule has 1 N–H and O–H groups in total. The molecule has 0 aliphatic carbocycles. The molecule has 2 aromatic rings. The minimum absolute atomic E-state index is 0.141. The normalized spacial score (nSPS) is 11.8. The Bertz CT molecular complexity index is 677. The summed E-state index contributed by atoms with van der Waals surface area (Å²) in [5.74, 6) is 0.616. The number of carbonyl (C=O) groups is 1. The fourth-order valence-corrected chi connectivity index (χ4v) is 2.48. The number of aryl methyl sites for hydroxylation is 2. The third kappa shape index (κ3) is 4.85. The highest BCUT2D eigenvalue weighted by molar-refractivity contribution is 5.94. The molecule has 0 bridgehead atoms. The van der Waals surface area contributed by atoms with Gasteiger partial charge in [0.25, 0.3) is 5.91 Å². The molecule has 0 aliphatic heterocycles. The number of anilines is 1. The molecule has 0 heterocycles. The van der Waals surface area contributed by atoms with Gasteiger partial charge in [-0.3, -0.25) is 4.79 Å². The summed E-state index contributed by atoms with van der Waals surface area (Å²) in [5.41, 5.74) is 4.33. The van der Waals surface area contributed by atoms with E-state index in [0.29, 0.717) is 0 Å². The molecular weight excluding hydrogens is 298 g/mol. The number of carbonyl (C=O) groups excluding carboxylic acids is 1. The van der Waals surface area contributed by atoms with Crippen LogP contribution in [0, 0.1) is 13.8 Å². The molecule has 1 amide bonds. The van der Waals surface area contributed by atoms with Crippen LogP contribution in [0.15, 0.2) is 42.5 Å². The molecule has 0 saturated carbocycles. The fraction of sp³-hybridized carbons (Fsp3) is 0.381. The lowest BCUT2D eigenvalue weighted by Gasteiger charge is -2.17. The number of unbranched alkanes of at least 4 members (excludes halogenated alkanes) is 1. The maximum Gasteiger partial charge on any atom is 0.265 e. The van der Waals surface area contributed by atoms with Gasteiger partial charge in [-0.05, 0) is 68.5 Å². The molecule has 0 radical (unpaired) electrons. The summed E-state index contributed by atoms with van der Waals surface area (Å²) in [4.78, 5) is 12.3. The Morgan fingerprint density at radius 1 is 1.12 bits per heavy atom. The number of amides is 1. The second kappa shape index (κ2) is 8.53. The molecule has 3 heteroatoms. The quantitative estimate of drug-likeness (QED) is 0.773. The minimum Gasteiger partial charge on any atom is -0.481 e. The monoisotopic (exact) mass is 325 g/mol. The van der Waals surface area contributed by atoms with Gasteiger partial charge in [-0.2, -0.15) is 0 Å². The predicted octanol–water partition coefficient (Wildman–Crippen LogP) is 5.05. The van der Waals surface area contributed by atoms with E-state index in [9.17, 15) is 4.79 Å². The lowest BCUT2D eigenvalue weighted by Crippen LogP contribution is -2.30. The molecule has 2 aromatic carbocycles. The Hall–Kier alpha value is -2.29. The number of nitrogens with one attached hydrogen (secondary N) is 1.